The highest BCUT2D eigenvalue weighted by Gasteiger charge is 2.25. The maximum Gasteiger partial charge on any atom is 0.306 e. The number of aliphatic carboxylic acids is 1. The minimum Gasteiger partial charge on any atom is -0.544 e. The molecule has 0 fully saturated rings. The molecule has 0 heterocycles. The molecule has 2 atom stereocenters. The average molecular weight is 866 g/mol. The van der Waals surface area contributed by atoms with E-state index >= 15 is 0 Å². The largest absolute Gasteiger partial charge is 0.544 e. The van der Waals surface area contributed by atoms with Crippen LogP contribution in [0, 0.1) is 0 Å². The van der Waals surface area contributed by atoms with Crippen molar-refractivity contribution in [2.24, 2.45) is 0 Å². The van der Waals surface area contributed by atoms with Crippen LogP contribution in [0.3, 0.4) is 0 Å². The van der Waals surface area contributed by atoms with Gasteiger partial charge in [-0.25, -0.2) is 0 Å². The first kappa shape index (κ1) is 58.5. The SMILES string of the molecule is CC/C=C\C/C=C\C/C=C\C/C=C\C/C=C\CCCC(=O)OC(COCCC(C(=O)[O-])[N+](C)(C)C)COC(=O)CCCCCCCCCCC/C=C\C/C=C\CCCCCCC. The number of carboxylic acid groups (broad SMARTS) is 1. The van der Waals surface area contributed by atoms with E-state index in [-0.39, 0.29) is 49.1 Å². The summed E-state index contributed by atoms with van der Waals surface area (Å²) in [6.07, 6.45) is 57.6. The topological polar surface area (TPSA) is 102 Å². The van der Waals surface area contributed by atoms with Gasteiger partial charge in [-0.1, -0.05) is 170 Å². The maximum atomic E-state index is 12.7. The van der Waals surface area contributed by atoms with E-state index in [1.807, 2.05) is 0 Å². The molecular weight excluding hydrogens is 775 g/mol. The van der Waals surface area contributed by atoms with Crippen LogP contribution in [-0.2, 0) is 28.6 Å². The molecule has 0 aliphatic rings. The number of allylic oxidation sites excluding steroid dienone is 14. The molecule has 8 heteroatoms. The fourth-order valence-electron chi connectivity index (χ4n) is 6.72. The number of unbranched alkanes of at least 4 members (excludes halogenated alkanes) is 15. The molecule has 0 amide bonds. The molecule has 0 aliphatic heterocycles. The van der Waals surface area contributed by atoms with E-state index in [9.17, 15) is 19.5 Å². The van der Waals surface area contributed by atoms with Gasteiger partial charge in [0.05, 0.1) is 40.3 Å². The van der Waals surface area contributed by atoms with Crippen molar-refractivity contribution in [2.75, 3.05) is 41.0 Å². The van der Waals surface area contributed by atoms with E-state index in [0.717, 1.165) is 64.2 Å². The first-order valence-electron chi connectivity index (χ1n) is 24.6. The van der Waals surface area contributed by atoms with Crippen LogP contribution in [0.2, 0.25) is 0 Å². The quantitative estimate of drug-likeness (QED) is 0.0260. The number of hydrogen-bond acceptors (Lipinski definition) is 7. The summed E-state index contributed by atoms with van der Waals surface area (Å²) < 4.78 is 17.1. The number of carbonyl (C=O) groups is 3. The molecule has 0 radical (unpaired) electrons. The lowest BCUT2D eigenvalue weighted by molar-refractivity contribution is -0.889. The summed E-state index contributed by atoms with van der Waals surface area (Å²) in [5.74, 6) is -1.82. The molecule has 0 aromatic rings. The molecule has 62 heavy (non-hydrogen) atoms. The molecule has 8 nitrogen and oxygen atoms in total. The molecule has 0 saturated heterocycles. The van der Waals surface area contributed by atoms with Gasteiger partial charge >= 0.3 is 11.9 Å². The monoisotopic (exact) mass is 866 g/mol. The van der Waals surface area contributed by atoms with Crippen molar-refractivity contribution in [1.29, 1.82) is 0 Å². The first-order chi connectivity index (χ1) is 30.1. The summed E-state index contributed by atoms with van der Waals surface area (Å²) in [5.41, 5.74) is 0. The number of carbonyl (C=O) groups excluding carboxylic acids is 3. The Balaban J connectivity index is 4.36. The molecule has 0 bridgehead atoms. The number of nitrogens with zero attached hydrogens (tertiary/aromatic N) is 1. The fraction of sp³-hybridized carbons (Fsp3) is 0.685. The molecule has 0 rings (SSSR count). The third-order valence-electron chi connectivity index (χ3n) is 10.5. The Bertz CT molecular complexity index is 1290. The Morgan fingerprint density at radius 1 is 0.500 bits per heavy atom. The van der Waals surface area contributed by atoms with Gasteiger partial charge in [0.2, 0.25) is 0 Å². The molecule has 0 aliphatic carbocycles. The van der Waals surface area contributed by atoms with Crippen molar-refractivity contribution in [3.8, 4) is 0 Å². The standard InChI is InChI=1S/C54H91NO7/c1-6-8-10-12-14-16-18-20-22-24-25-26-27-29-30-32-34-36-38-40-42-44-52(56)61-49-50(48-60-47-46-51(54(58)59)55(3,4)5)62-53(57)45-43-41-39-37-35-33-31-28-23-21-19-17-15-13-11-9-7-2/h9,11,15,17-18,20-21,23-25,31,33,37,39,50-51H,6-8,10,12-14,16,19,22,26-30,32,34-36,38,40-49H2,1-5H3/b11-9-,17-15-,20-18-,23-21-,25-24-,33-31-,39-37-. The van der Waals surface area contributed by atoms with E-state index in [1.54, 1.807) is 21.1 Å². The van der Waals surface area contributed by atoms with Crippen molar-refractivity contribution >= 4 is 17.9 Å². The Morgan fingerprint density at radius 3 is 1.39 bits per heavy atom. The molecule has 0 N–H and O–H groups in total. The van der Waals surface area contributed by atoms with E-state index in [1.165, 1.54) is 83.5 Å². The van der Waals surface area contributed by atoms with Crippen LogP contribution in [-0.4, -0.2) is 75.5 Å². The second-order valence-corrected chi connectivity index (χ2v) is 17.3. The lowest BCUT2D eigenvalue weighted by Crippen LogP contribution is -2.55. The molecule has 0 aromatic carbocycles. The normalized spacial score (nSPS) is 13.6. The highest BCUT2D eigenvalue weighted by Crippen LogP contribution is 2.13. The van der Waals surface area contributed by atoms with Crippen LogP contribution in [0.25, 0.3) is 0 Å². The first-order valence-corrected chi connectivity index (χ1v) is 24.6. The minimum absolute atomic E-state index is 0.0123. The lowest BCUT2D eigenvalue weighted by atomic mass is 10.1. The van der Waals surface area contributed by atoms with Gasteiger partial charge in [0, 0.05) is 19.3 Å². The van der Waals surface area contributed by atoms with Crippen LogP contribution < -0.4 is 5.11 Å². The predicted octanol–water partition coefficient (Wildman–Crippen LogP) is 12.7. The Labute approximate surface area is 380 Å². The number of rotatable bonds is 43. The number of esters is 2. The van der Waals surface area contributed by atoms with Crippen LogP contribution in [0.15, 0.2) is 85.1 Å². The third kappa shape index (κ3) is 41.8. The summed E-state index contributed by atoms with van der Waals surface area (Å²) in [5, 5.41) is 11.6. The van der Waals surface area contributed by atoms with Gasteiger partial charge in [-0.3, -0.25) is 9.59 Å². The molecule has 2 unspecified atom stereocenters. The fourth-order valence-corrected chi connectivity index (χ4v) is 6.72. The number of hydrogen-bond donors (Lipinski definition) is 0. The number of ether oxygens (including phenoxy) is 3. The van der Waals surface area contributed by atoms with Gasteiger partial charge in [0.15, 0.2) is 6.10 Å². The number of quaternary nitrogens is 1. The summed E-state index contributed by atoms with van der Waals surface area (Å²) in [7, 11) is 5.38. The number of carboxylic acids is 1. The van der Waals surface area contributed by atoms with Gasteiger partial charge in [0.25, 0.3) is 0 Å². The van der Waals surface area contributed by atoms with Gasteiger partial charge in [-0.05, 0) is 83.5 Å². The second-order valence-electron chi connectivity index (χ2n) is 17.3. The van der Waals surface area contributed by atoms with Crippen molar-refractivity contribution in [1.82, 2.24) is 0 Å². The van der Waals surface area contributed by atoms with E-state index < -0.39 is 18.1 Å². The van der Waals surface area contributed by atoms with Crippen molar-refractivity contribution in [3.63, 3.8) is 0 Å². The van der Waals surface area contributed by atoms with Crippen molar-refractivity contribution < 1.29 is 38.2 Å². The molecule has 0 aromatic heterocycles. The summed E-state index contributed by atoms with van der Waals surface area (Å²) in [6, 6.07) is -0.741. The summed E-state index contributed by atoms with van der Waals surface area (Å²) in [6.45, 7) is 4.47. The van der Waals surface area contributed by atoms with Gasteiger partial charge in [-0.2, -0.15) is 0 Å². The molecule has 0 saturated carbocycles. The summed E-state index contributed by atoms with van der Waals surface area (Å²) >= 11 is 0. The minimum atomic E-state index is -1.14. The van der Waals surface area contributed by atoms with Gasteiger partial charge < -0.3 is 28.6 Å². The summed E-state index contributed by atoms with van der Waals surface area (Å²) in [4.78, 5) is 37.0. The molecular formula is C54H91NO7. The third-order valence-corrected chi connectivity index (χ3v) is 10.5. The van der Waals surface area contributed by atoms with E-state index in [2.05, 4.69) is 98.9 Å². The zero-order valence-electron chi connectivity index (χ0n) is 40.3. The van der Waals surface area contributed by atoms with Crippen LogP contribution in [0.1, 0.15) is 187 Å². The van der Waals surface area contributed by atoms with Crippen LogP contribution >= 0.6 is 0 Å². The van der Waals surface area contributed by atoms with Gasteiger partial charge in [-0.15, -0.1) is 0 Å². The Hall–Kier alpha value is -3.49. The Kier molecular flexibility index (Phi) is 41.6. The predicted molar refractivity (Wildman–Crippen MR) is 258 cm³/mol. The van der Waals surface area contributed by atoms with Crippen LogP contribution in [0.5, 0.6) is 0 Å². The maximum absolute atomic E-state index is 12.7. The number of likely N-dealkylation sites (N-methyl/N-ethyl adjacent to an activating group) is 1. The zero-order chi connectivity index (χ0) is 45.6. The van der Waals surface area contributed by atoms with Gasteiger partial charge in [0.1, 0.15) is 12.6 Å². The van der Waals surface area contributed by atoms with E-state index in [4.69, 9.17) is 14.2 Å². The highest BCUT2D eigenvalue weighted by molar-refractivity contribution is 5.70. The smallest absolute Gasteiger partial charge is 0.306 e. The Morgan fingerprint density at radius 2 is 0.919 bits per heavy atom. The second kappa shape index (κ2) is 44.1. The zero-order valence-corrected chi connectivity index (χ0v) is 40.3. The lowest BCUT2D eigenvalue weighted by Gasteiger charge is -2.34. The molecule has 354 valence electrons. The average Bonchev–Trinajstić information content (AvgIpc) is 3.23. The van der Waals surface area contributed by atoms with E-state index in [0.29, 0.717) is 12.8 Å². The van der Waals surface area contributed by atoms with Crippen molar-refractivity contribution in [2.45, 2.75) is 199 Å². The highest BCUT2D eigenvalue weighted by atomic mass is 16.6. The molecule has 0 spiro atoms. The van der Waals surface area contributed by atoms with Crippen molar-refractivity contribution in [3.05, 3.63) is 85.1 Å². The van der Waals surface area contributed by atoms with Crippen LogP contribution in [0.4, 0.5) is 0 Å².